The minimum absolute atomic E-state index is 0.550. The van der Waals surface area contributed by atoms with Crippen molar-refractivity contribution in [3.8, 4) is 0 Å². The second-order valence-electron chi connectivity index (χ2n) is 5.42. The number of rotatable bonds is 6. The molecule has 0 amide bonds. The standard InChI is InChI=1S/C15H27N3O/c1-4-13-10-14(18(3)17-13)11-15(16-5-2)12-6-8-19-9-7-12/h10,12,15-16H,4-9,11H2,1-3H3. The molecule has 1 aromatic rings. The van der Waals surface area contributed by atoms with E-state index < -0.39 is 0 Å². The van der Waals surface area contributed by atoms with Gasteiger partial charge < -0.3 is 10.1 Å². The van der Waals surface area contributed by atoms with E-state index in [0.29, 0.717) is 6.04 Å². The third-order valence-electron chi connectivity index (χ3n) is 4.12. The lowest BCUT2D eigenvalue weighted by molar-refractivity contribution is 0.0537. The largest absolute Gasteiger partial charge is 0.381 e. The zero-order chi connectivity index (χ0) is 13.7. The fourth-order valence-electron chi connectivity index (χ4n) is 2.95. The molecule has 1 aromatic heterocycles. The zero-order valence-corrected chi connectivity index (χ0v) is 12.5. The molecule has 0 aromatic carbocycles. The van der Waals surface area contributed by atoms with Crippen LogP contribution in [0.4, 0.5) is 0 Å². The highest BCUT2D eigenvalue weighted by Crippen LogP contribution is 2.22. The normalized spacial score (nSPS) is 18.7. The Kier molecular flexibility index (Phi) is 5.40. The Hall–Kier alpha value is -0.870. The molecule has 19 heavy (non-hydrogen) atoms. The molecular weight excluding hydrogens is 238 g/mol. The highest BCUT2D eigenvalue weighted by atomic mass is 16.5. The topological polar surface area (TPSA) is 39.1 Å². The van der Waals surface area contributed by atoms with E-state index in [1.54, 1.807) is 0 Å². The van der Waals surface area contributed by atoms with Crippen LogP contribution in [0.5, 0.6) is 0 Å². The van der Waals surface area contributed by atoms with Gasteiger partial charge in [0, 0.05) is 38.4 Å². The first-order valence-electron chi connectivity index (χ1n) is 7.57. The smallest absolute Gasteiger partial charge is 0.0624 e. The van der Waals surface area contributed by atoms with E-state index in [9.17, 15) is 0 Å². The van der Waals surface area contributed by atoms with Crippen LogP contribution in [-0.4, -0.2) is 35.6 Å². The van der Waals surface area contributed by atoms with Crippen LogP contribution in [0.25, 0.3) is 0 Å². The number of likely N-dealkylation sites (N-methyl/N-ethyl adjacent to an activating group) is 1. The van der Waals surface area contributed by atoms with E-state index >= 15 is 0 Å². The maximum absolute atomic E-state index is 5.48. The quantitative estimate of drug-likeness (QED) is 0.854. The summed E-state index contributed by atoms with van der Waals surface area (Å²) in [6.07, 6.45) is 4.44. The van der Waals surface area contributed by atoms with Crippen molar-refractivity contribution in [1.82, 2.24) is 15.1 Å². The highest BCUT2D eigenvalue weighted by Gasteiger charge is 2.24. The number of ether oxygens (including phenoxy) is 1. The highest BCUT2D eigenvalue weighted by molar-refractivity contribution is 5.12. The van der Waals surface area contributed by atoms with Gasteiger partial charge in [0.15, 0.2) is 0 Å². The van der Waals surface area contributed by atoms with Crippen molar-refractivity contribution in [3.63, 3.8) is 0 Å². The van der Waals surface area contributed by atoms with Gasteiger partial charge >= 0.3 is 0 Å². The second-order valence-corrected chi connectivity index (χ2v) is 5.42. The van der Waals surface area contributed by atoms with Crippen molar-refractivity contribution in [2.45, 2.75) is 45.6 Å². The SMILES string of the molecule is CCNC(Cc1cc(CC)nn1C)C1CCOCC1. The minimum Gasteiger partial charge on any atom is -0.381 e. The lowest BCUT2D eigenvalue weighted by atomic mass is 9.88. The second kappa shape index (κ2) is 7.06. The molecule has 1 aliphatic rings. The van der Waals surface area contributed by atoms with Gasteiger partial charge in [0.25, 0.3) is 0 Å². The van der Waals surface area contributed by atoms with E-state index in [2.05, 4.69) is 37.4 Å². The van der Waals surface area contributed by atoms with Gasteiger partial charge in [-0.3, -0.25) is 4.68 Å². The van der Waals surface area contributed by atoms with Crippen molar-refractivity contribution in [1.29, 1.82) is 0 Å². The van der Waals surface area contributed by atoms with E-state index in [1.165, 1.54) is 24.2 Å². The molecule has 2 heterocycles. The number of hydrogen-bond acceptors (Lipinski definition) is 3. The number of aromatic nitrogens is 2. The van der Waals surface area contributed by atoms with Gasteiger partial charge in [0.05, 0.1) is 5.69 Å². The number of nitrogens with one attached hydrogen (secondary N) is 1. The molecule has 0 radical (unpaired) electrons. The van der Waals surface area contributed by atoms with Gasteiger partial charge in [-0.15, -0.1) is 0 Å². The lowest BCUT2D eigenvalue weighted by Gasteiger charge is -2.31. The summed E-state index contributed by atoms with van der Waals surface area (Å²) >= 11 is 0. The Bertz CT molecular complexity index is 383. The lowest BCUT2D eigenvalue weighted by Crippen LogP contribution is -2.41. The summed E-state index contributed by atoms with van der Waals surface area (Å²) in [5.41, 5.74) is 2.54. The first-order chi connectivity index (χ1) is 9.24. The average Bonchev–Trinajstić information content (AvgIpc) is 2.80. The van der Waals surface area contributed by atoms with Gasteiger partial charge in [0.2, 0.25) is 0 Å². The molecule has 4 heteroatoms. The third kappa shape index (κ3) is 3.80. The molecule has 1 saturated heterocycles. The van der Waals surface area contributed by atoms with Crippen LogP contribution < -0.4 is 5.32 Å². The summed E-state index contributed by atoms with van der Waals surface area (Å²) in [4.78, 5) is 0. The van der Waals surface area contributed by atoms with Crippen LogP contribution in [0.2, 0.25) is 0 Å². The molecule has 2 rings (SSSR count). The van der Waals surface area contributed by atoms with Gasteiger partial charge in [-0.2, -0.15) is 5.10 Å². The summed E-state index contributed by atoms with van der Waals surface area (Å²) in [7, 11) is 2.06. The van der Waals surface area contributed by atoms with Crippen molar-refractivity contribution >= 4 is 0 Å². The predicted molar refractivity (Wildman–Crippen MR) is 77.3 cm³/mol. The summed E-state index contributed by atoms with van der Waals surface area (Å²) < 4.78 is 7.52. The third-order valence-corrected chi connectivity index (χ3v) is 4.12. The van der Waals surface area contributed by atoms with Gasteiger partial charge in [-0.25, -0.2) is 0 Å². The monoisotopic (exact) mass is 265 g/mol. The molecule has 0 aliphatic carbocycles. The molecule has 1 fully saturated rings. The number of nitrogens with zero attached hydrogens (tertiary/aromatic N) is 2. The van der Waals surface area contributed by atoms with E-state index in [4.69, 9.17) is 4.74 Å². The Morgan fingerprint density at radius 2 is 2.16 bits per heavy atom. The Balaban J connectivity index is 2.04. The zero-order valence-electron chi connectivity index (χ0n) is 12.5. The molecule has 1 N–H and O–H groups in total. The summed E-state index contributed by atoms with van der Waals surface area (Å²) in [6, 6.07) is 2.80. The van der Waals surface area contributed by atoms with Gasteiger partial charge in [-0.05, 0) is 37.8 Å². The first kappa shape index (κ1) is 14.5. The van der Waals surface area contributed by atoms with Crippen LogP contribution >= 0.6 is 0 Å². The number of hydrogen-bond donors (Lipinski definition) is 1. The van der Waals surface area contributed by atoms with Crippen LogP contribution in [0.1, 0.15) is 38.1 Å². The molecule has 1 unspecified atom stereocenters. The van der Waals surface area contributed by atoms with Crippen molar-refractivity contribution in [3.05, 3.63) is 17.5 Å². The van der Waals surface area contributed by atoms with Crippen molar-refractivity contribution in [2.24, 2.45) is 13.0 Å². The maximum Gasteiger partial charge on any atom is 0.0624 e. The van der Waals surface area contributed by atoms with Crippen LogP contribution in [-0.2, 0) is 24.6 Å². The Morgan fingerprint density at radius 1 is 1.42 bits per heavy atom. The van der Waals surface area contributed by atoms with Gasteiger partial charge in [-0.1, -0.05) is 13.8 Å². The minimum atomic E-state index is 0.550. The fourth-order valence-corrected chi connectivity index (χ4v) is 2.95. The van der Waals surface area contributed by atoms with Crippen LogP contribution in [0.15, 0.2) is 6.07 Å². The van der Waals surface area contributed by atoms with E-state index in [0.717, 1.165) is 38.5 Å². The van der Waals surface area contributed by atoms with Crippen LogP contribution in [0, 0.1) is 5.92 Å². The summed E-state index contributed by atoms with van der Waals surface area (Å²) in [6.45, 7) is 7.20. The van der Waals surface area contributed by atoms with Crippen LogP contribution in [0.3, 0.4) is 0 Å². The fraction of sp³-hybridized carbons (Fsp3) is 0.800. The number of aryl methyl sites for hydroxylation is 2. The molecule has 0 bridgehead atoms. The molecule has 0 saturated carbocycles. The molecule has 1 atom stereocenters. The Morgan fingerprint density at radius 3 is 2.74 bits per heavy atom. The van der Waals surface area contributed by atoms with Crippen molar-refractivity contribution < 1.29 is 4.74 Å². The summed E-state index contributed by atoms with van der Waals surface area (Å²) in [5, 5.41) is 8.21. The van der Waals surface area contributed by atoms with E-state index in [1.807, 2.05) is 4.68 Å². The molecule has 1 aliphatic heterocycles. The van der Waals surface area contributed by atoms with Crippen molar-refractivity contribution in [2.75, 3.05) is 19.8 Å². The average molecular weight is 265 g/mol. The Labute approximate surface area is 116 Å². The first-order valence-corrected chi connectivity index (χ1v) is 7.57. The summed E-state index contributed by atoms with van der Waals surface area (Å²) in [5.74, 6) is 0.730. The molecule has 0 spiro atoms. The maximum atomic E-state index is 5.48. The molecule has 4 nitrogen and oxygen atoms in total. The predicted octanol–water partition coefficient (Wildman–Crippen LogP) is 1.93. The van der Waals surface area contributed by atoms with E-state index in [-0.39, 0.29) is 0 Å². The molecular formula is C15H27N3O. The van der Waals surface area contributed by atoms with Gasteiger partial charge in [0.1, 0.15) is 0 Å². The molecule has 108 valence electrons.